The Kier molecular flexibility index (Phi) is 3.08. The molecule has 0 bridgehead atoms. The predicted octanol–water partition coefficient (Wildman–Crippen LogP) is 3.90. The summed E-state index contributed by atoms with van der Waals surface area (Å²) in [6.07, 6.45) is 0.907. The van der Waals surface area contributed by atoms with Crippen molar-refractivity contribution in [1.82, 2.24) is 0 Å². The lowest BCUT2D eigenvalue weighted by atomic mass is 9.87. The van der Waals surface area contributed by atoms with Crippen LogP contribution in [0.4, 0.5) is 5.69 Å². The highest BCUT2D eigenvalue weighted by Crippen LogP contribution is 2.45. The van der Waals surface area contributed by atoms with Crippen LogP contribution in [-0.2, 0) is 4.74 Å². The monoisotopic (exact) mass is 281 g/mol. The Morgan fingerprint density at radius 2 is 1.95 bits per heavy atom. The maximum absolute atomic E-state index is 6.02. The van der Waals surface area contributed by atoms with Gasteiger partial charge in [-0.3, -0.25) is 0 Å². The van der Waals surface area contributed by atoms with Gasteiger partial charge >= 0.3 is 0 Å². The Hall–Kier alpha value is -2.00. The summed E-state index contributed by atoms with van der Waals surface area (Å²) in [5.74, 6) is 1.30. The molecule has 1 fully saturated rings. The molecule has 2 aromatic carbocycles. The zero-order valence-electron chi connectivity index (χ0n) is 12.1. The van der Waals surface area contributed by atoms with E-state index in [4.69, 9.17) is 9.47 Å². The number of rotatable bonds is 2. The maximum atomic E-state index is 6.02. The smallest absolute Gasteiger partial charge is 0.205 e. The maximum Gasteiger partial charge on any atom is 0.205 e. The van der Waals surface area contributed by atoms with Crippen LogP contribution in [0.25, 0.3) is 0 Å². The van der Waals surface area contributed by atoms with Crippen molar-refractivity contribution in [3.05, 3.63) is 59.7 Å². The number of hydrogen-bond acceptors (Lipinski definition) is 3. The van der Waals surface area contributed by atoms with Crippen molar-refractivity contribution >= 4 is 5.69 Å². The molecule has 0 aliphatic carbocycles. The third kappa shape index (κ3) is 2.28. The molecule has 3 nitrogen and oxygen atoms in total. The predicted molar refractivity (Wildman–Crippen MR) is 82.5 cm³/mol. The molecule has 0 radical (unpaired) electrons. The number of fused-ring (bicyclic) bond motifs is 2. The van der Waals surface area contributed by atoms with E-state index in [0.717, 1.165) is 24.5 Å². The molecule has 0 saturated carbocycles. The molecule has 21 heavy (non-hydrogen) atoms. The summed E-state index contributed by atoms with van der Waals surface area (Å²) < 4.78 is 11.8. The van der Waals surface area contributed by atoms with Crippen LogP contribution in [0, 0.1) is 12.8 Å². The van der Waals surface area contributed by atoms with Gasteiger partial charge in [0.05, 0.1) is 12.6 Å². The summed E-state index contributed by atoms with van der Waals surface area (Å²) in [5, 5.41) is 3.68. The van der Waals surface area contributed by atoms with Gasteiger partial charge in [-0.1, -0.05) is 35.9 Å². The van der Waals surface area contributed by atoms with E-state index in [1.165, 1.54) is 11.1 Å². The van der Waals surface area contributed by atoms with Crippen LogP contribution in [0.5, 0.6) is 5.75 Å². The lowest BCUT2D eigenvalue weighted by molar-refractivity contribution is -0.0748. The van der Waals surface area contributed by atoms with Crippen molar-refractivity contribution in [3.63, 3.8) is 0 Å². The average molecular weight is 281 g/mol. The van der Waals surface area contributed by atoms with Crippen molar-refractivity contribution in [1.29, 1.82) is 0 Å². The molecule has 1 N–H and O–H groups in total. The van der Waals surface area contributed by atoms with E-state index in [2.05, 4.69) is 54.7 Å². The normalized spacial score (nSPS) is 26.6. The first-order valence-corrected chi connectivity index (χ1v) is 7.52. The van der Waals surface area contributed by atoms with E-state index in [1.807, 2.05) is 6.07 Å². The highest BCUT2D eigenvalue weighted by molar-refractivity contribution is 5.50. The van der Waals surface area contributed by atoms with E-state index in [-0.39, 0.29) is 12.3 Å². The Bertz CT molecular complexity index is 641. The molecule has 4 rings (SSSR count). The van der Waals surface area contributed by atoms with E-state index < -0.39 is 0 Å². The summed E-state index contributed by atoms with van der Waals surface area (Å²) >= 11 is 0. The number of ether oxygens (including phenoxy) is 2. The van der Waals surface area contributed by atoms with E-state index in [0.29, 0.717) is 5.92 Å². The molecule has 0 aromatic heterocycles. The molecular formula is C18H19NO2. The molecule has 0 amide bonds. The number of para-hydroxylation sites is 1. The second-order valence-corrected chi connectivity index (χ2v) is 5.84. The van der Waals surface area contributed by atoms with Crippen molar-refractivity contribution in [2.75, 3.05) is 11.9 Å². The highest BCUT2D eigenvalue weighted by atomic mass is 16.7. The van der Waals surface area contributed by atoms with Crippen molar-refractivity contribution in [3.8, 4) is 5.75 Å². The summed E-state index contributed by atoms with van der Waals surface area (Å²) in [6, 6.07) is 17.0. The van der Waals surface area contributed by atoms with Gasteiger partial charge in [-0.15, -0.1) is 0 Å². The summed E-state index contributed by atoms with van der Waals surface area (Å²) in [5.41, 5.74) is 3.64. The zero-order valence-corrected chi connectivity index (χ0v) is 12.1. The minimum atomic E-state index is -0.124. The Labute approximate surface area is 124 Å². The molecule has 0 spiro atoms. The molecule has 1 saturated heterocycles. The first kappa shape index (κ1) is 12.7. The minimum Gasteiger partial charge on any atom is -0.464 e. The second kappa shape index (κ2) is 5.08. The quantitative estimate of drug-likeness (QED) is 0.905. The van der Waals surface area contributed by atoms with Gasteiger partial charge in [0.1, 0.15) is 5.75 Å². The number of anilines is 1. The zero-order chi connectivity index (χ0) is 14.2. The highest BCUT2D eigenvalue weighted by Gasteiger charge is 2.42. The molecule has 108 valence electrons. The van der Waals surface area contributed by atoms with Crippen LogP contribution in [0.3, 0.4) is 0 Å². The van der Waals surface area contributed by atoms with Crippen LogP contribution >= 0.6 is 0 Å². The Morgan fingerprint density at radius 3 is 2.81 bits per heavy atom. The fourth-order valence-electron chi connectivity index (χ4n) is 3.30. The standard InChI is InChI=1S/C18H19NO2/c1-12-7-8-16-15(11-12)17(14-9-10-20-18(14)21-16)19-13-5-3-2-4-6-13/h2-8,11,14,17-19H,9-10H2,1H3/t14-,17-,18+/m1/s1. The Balaban J connectivity index is 1.74. The number of hydrogen-bond donors (Lipinski definition) is 1. The van der Waals surface area contributed by atoms with Gasteiger partial charge in [-0.25, -0.2) is 0 Å². The van der Waals surface area contributed by atoms with Crippen molar-refractivity contribution in [2.24, 2.45) is 5.92 Å². The summed E-state index contributed by atoms with van der Waals surface area (Å²) in [7, 11) is 0. The van der Waals surface area contributed by atoms with E-state index >= 15 is 0 Å². The van der Waals surface area contributed by atoms with Gasteiger partial charge in [0.2, 0.25) is 6.29 Å². The lowest BCUT2D eigenvalue weighted by Gasteiger charge is -2.36. The molecular weight excluding hydrogens is 262 g/mol. The van der Waals surface area contributed by atoms with Gasteiger partial charge < -0.3 is 14.8 Å². The fourth-order valence-corrected chi connectivity index (χ4v) is 3.30. The van der Waals surface area contributed by atoms with Crippen LogP contribution in [0.2, 0.25) is 0 Å². The number of benzene rings is 2. The molecule has 2 heterocycles. The molecule has 2 aromatic rings. The fraction of sp³-hybridized carbons (Fsp3) is 0.333. The number of nitrogens with one attached hydrogen (secondary N) is 1. The Morgan fingerprint density at radius 1 is 1.10 bits per heavy atom. The van der Waals surface area contributed by atoms with Crippen LogP contribution < -0.4 is 10.1 Å². The topological polar surface area (TPSA) is 30.5 Å². The number of aryl methyl sites for hydroxylation is 1. The van der Waals surface area contributed by atoms with Gasteiger partial charge in [-0.05, 0) is 31.5 Å². The van der Waals surface area contributed by atoms with Crippen LogP contribution in [-0.4, -0.2) is 12.9 Å². The molecule has 3 heteroatoms. The van der Waals surface area contributed by atoms with Gasteiger partial charge in [0.15, 0.2) is 0 Å². The van der Waals surface area contributed by atoms with Crippen molar-refractivity contribution in [2.45, 2.75) is 25.7 Å². The molecule has 0 unspecified atom stereocenters. The van der Waals surface area contributed by atoms with E-state index in [9.17, 15) is 0 Å². The summed E-state index contributed by atoms with van der Waals surface area (Å²) in [4.78, 5) is 0. The first-order chi connectivity index (χ1) is 10.3. The average Bonchev–Trinajstić information content (AvgIpc) is 2.97. The largest absolute Gasteiger partial charge is 0.464 e. The van der Waals surface area contributed by atoms with Gasteiger partial charge in [-0.2, -0.15) is 0 Å². The minimum absolute atomic E-state index is 0.124. The molecule has 2 aliphatic heterocycles. The first-order valence-electron chi connectivity index (χ1n) is 7.52. The molecule has 3 atom stereocenters. The SMILES string of the molecule is Cc1ccc2c(c1)[C@H](Nc1ccccc1)[C@H]1CCO[C@H]1O2. The van der Waals surface area contributed by atoms with Crippen LogP contribution in [0.15, 0.2) is 48.5 Å². The van der Waals surface area contributed by atoms with Gasteiger partial charge in [0, 0.05) is 17.2 Å². The lowest BCUT2D eigenvalue weighted by Crippen LogP contribution is -2.36. The van der Waals surface area contributed by atoms with Gasteiger partial charge in [0.25, 0.3) is 0 Å². The second-order valence-electron chi connectivity index (χ2n) is 5.84. The third-order valence-corrected chi connectivity index (χ3v) is 4.35. The third-order valence-electron chi connectivity index (χ3n) is 4.35. The molecule has 2 aliphatic rings. The van der Waals surface area contributed by atoms with E-state index in [1.54, 1.807) is 0 Å². The van der Waals surface area contributed by atoms with Crippen molar-refractivity contribution < 1.29 is 9.47 Å². The summed E-state index contributed by atoms with van der Waals surface area (Å²) in [6.45, 7) is 2.90. The van der Waals surface area contributed by atoms with Crippen LogP contribution in [0.1, 0.15) is 23.6 Å².